The molecule has 1 aromatic rings. The fourth-order valence-electron chi connectivity index (χ4n) is 2.79. The Hall–Kier alpha value is -1.41. The predicted molar refractivity (Wildman–Crippen MR) is 95.5 cm³/mol. The fraction of sp³-hybridized carbons (Fsp3) is 0.562. The van der Waals surface area contributed by atoms with Crippen molar-refractivity contribution >= 4 is 25.6 Å². The molecule has 0 aliphatic carbocycles. The van der Waals surface area contributed by atoms with Crippen LogP contribution < -0.4 is 0 Å². The van der Waals surface area contributed by atoms with Crippen molar-refractivity contribution in [2.24, 2.45) is 5.10 Å². The average molecular weight is 373 g/mol. The summed E-state index contributed by atoms with van der Waals surface area (Å²) < 4.78 is 50.9. The Morgan fingerprint density at radius 2 is 1.71 bits per heavy atom. The van der Waals surface area contributed by atoms with Crippen LogP contribution >= 0.6 is 0 Å². The van der Waals surface area contributed by atoms with E-state index >= 15 is 0 Å². The van der Waals surface area contributed by atoms with Gasteiger partial charge in [-0.2, -0.15) is 17.9 Å². The molecule has 1 heterocycles. The van der Waals surface area contributed by atoms with Crippen LogP contribution in [0, 0.1) is 20.8 Å². The zero-order valence-corrected chi connectivity index (χ0v) is 16.3. The van der Waals surface area contributed by atoms with Gasteiger partial charge in [-0.15, -0.1) is 0 Å². The van der Waals surface area contributed by atoms with Gasteiger partial charge in [0.15, 0.2) is 9.84 Å². The normalized spacial score (nSPS) is 20.0. The molecule has 0 amide bonds. The second-order valence-electron chi connectivity index (χ2n) is 6.58. The molecule has 0 unspecified atom stereocenters. The van der Waals surface area contributed by atoms with Crippen LogP contribution in [0.1, 0.15) is 37.0 Å². The van der Waals surface area contributed by atoms with Crippen LogP contribution in [0.2, 0.25) is 0 Å². The van der Waals surface area contributed by atoms with Gasteiger partial charge in [0.25, 0.3) is 10.0 Å². The van der Waals surface area contributed by atoms with Crippen LogP contribution in [-0.4, -0.2) is 44.5 Å². The van der Waals surface area contributed by atoms with Gasteiger partial charge < -0.3 is 0 Å². The monoisotopic (exact) mass is 372 g/mol. The number of aryl methyl sites for hydroxylation is 3. The Morgan fingerprint density at radius 1 is 1.12 bits per heavy atom. The van der Waals surface area contributed by atoms with Gasteiger partial charge in [0.1, 0.15) is 0 Å². The number of benzene rings is 1. The van der Waals surface area contributed by atoms with E-state index in [-0.39, 0.29) is 22.8 Å². The number of nitrogens with zero attached hydrogens (tertiary/aromatic N) is 2. The van der Waals surface area contributed by atoms with Gasteiger partial charge in [-0.3, -0.25) is 0 Å². The van der Waals surface area contributed by atoms with Gasteiger partial charge in [0, 0.05) is 5.71 Å². The first-order valence-electron chi connectivity index (χ1n) is 7.78. The molecule has 6 nitrogen and oxygen atoms in total. The lowest BCUT2D eigenvalue weighted by Crippen LogP contribution is -2.38. The minimum absolute atomic E-state index is 0.00608. The molecule has 0 saturated carbocycles. The summed E-state index contributed by atoms with van der Waals surface area (Å²) in [6.45, 7) is 8.91. The molecule has 8 heteroatoms. The maximum Gasteiger partial charge on any atom is 0.279 e. The zero-order chi connectivity index (χ0) is 18.3. The van der Waals surface area contributed by atoms with Gasteiger partial charge in [-0.05, 0) is 63.8 Å². The summed E-state index contributed by atoms with van der Waals surface area (Å²) in [5.74, 6) is -0.194. The quantitative estimate of drug-likeness (QED) is 0.599. The highest BCUT2D eigenvalue weighted by atomic mass is 32.2. The van der Waals surface area contributed by atoms with Gasteiger partial charge >= 0.3 is 0 Å². The van der Waals surface area contributed by atoms with E-state index in [9.17, 15) is 16.8 Å². The molecule has 24 heavy (non-hydrogen) atoms. The highest BCUT2D eigenvalue weighted by molar-refractivity contribution is 7.92. The van der Waals surface area contributed by atoms with Crippen molar-refractivity contribution in [3.8, 4) is 0 Å². The number of hydrazone groups is 1. The Kier molecular flexibility index (Phi) is 5.11. The van der Waals surface area contributed by atoms with E-state index in [1.54, 1.807) is 26.8 Å². The summed E-state index contributed by atoms with van der Waals surface area (Å²) in [6, 6.07) is 2.81. The second kappa shape index (κ2) is 6.48. The molecular formula is C16H24N2O4S2. The largest absolute Gasteiger partial charge is 0.279 e. The summed E-state index contributed by atoms with van der Waals surface area (Å²) in [5, 5.41) is 4.16. The Labute approximate surface area is 144 Å². The zero-order valence-electron chi connectivity index (χ0n) is 14.7. The van der Waals surface area contributed by atoms with Crippen molar-refractivity contribution in [2.45, 2.75) is 52.0 Å². The van der Waals surface area contributed by atoms with Crippen LogP contribution in [-0.2, 0) is 19.9 Å². The standard InChI is InChI=1S/C16H24N2O4S2/c1-11(2)17-18(15-6-7-23(19,20)10-15)24(21,22)16-9-13(4)12(3)8-14(16)5/h8-9,15H,6-7,10H2,1-5H3/t15-/m1/s1. The van der Waals surface area contributed by atoms with Crippen molar-refractivity contribution < 1.29 is 16.8 Å². The summed E-state index contributed by atoms with van der Waals surface area (Å²) >= 11 is 0. The number of sulfone groups is 1. The van der Waals surface area contributed by atoms with Crippen molar-refractivity contribution in [3.05, 3.63) is 28.8 Å². The maximum atomic E-state index is 13.2. The molecule has 2 rings (SSSR count). The maximum absolute atomic E-state index is 13.2. The third kappa shape index (κ3) is 3.80. The number of sulfonamides is 1. The number of rotatable bonds is 4. The minimum Gasteiger partial charge on any atom is -0.229 e. The first kappa shape index (κ1) is 18.9. The van der Waals surface area contributed by atoms with Gasteiger partial charge in [-0.25, -0.2) is 8.42 Å². The molecule has 1 aliphatic rings. The first-order chi connectivity index (χ1) is 10.9. The van der Waals surface area contributed by atoms with Crippen molar-refractivity contribution in [1.29, 1.82) is 0 Å². The van der Waals surface area contributed by atoms with Crippen molar-refractivity contribution in [2.75, 3.05) is 11.5 Å². The SMILES string of the molecule is CC(C)=NN([C@@H]1CCS(=O)(=O)C1)S(=O)(=O)c1cc(C)c(C)cc1C. The summed E-state index contributed by atoms with van der Waals surface area (Å²) in [5.41, 5.74) is 3.07. The molecule has 1 saturated heterocycles. The van der Waals surface area contributed by atoms with Crippen LogP contribution in [0.15, 0.2) is 22.1 Å². The Bertz CT molecular complexity index is 883. The molecular weight excluding hydrogens is 348 g/mol. The lowest BCUT2D eigenvalue weighted by Gasteiger charge is -2.26. The Balaban J connectivity index is 2.57. The molecule has 0 aromatic heterocycles. The highest BCUT2D eigenvalue weighted by Gasteiger charge is 2.39. The smallest absolute Gasteiger partial charge is 0.229 e. The molecule has 134 valence electrons. The summed E-state index contributed by atoms with van der Waals surface area (Å²) in [6.07, 6.45) is 0.266. The molecule has 0 bridgehead atoms. The third-order valence-corrected chi connectivity index (χ3v) is 7.75. The van der Waals surface area contributed by atoms with E-state index in [0.717, 1.165) is 15.5 Å². The first-order valence-corrected chi connectivity index (χ1v) is 11.0. The topological polar surface area (TPSA) is 83.9 Å². The molecule has 0 radical (unpaired) electrons. The van der Waals surface area contributed by atoms with E-state index in [4.69, 9.17) is 0 Å². The summed E-state index contributed by atoms with van der Waals surface area (Å²) in [7, 11) is -7.14. The molecule has 0 N–H and O–H groups in total. The highest BCUT2D eigenvalue weighted by Crippen LogP contribution is 2.29. The van der Waals surface area contributed by atoms with Crippen LogP contribution in [0.4, 0.5) is 0 Å². The summed E-state index contributed by atoms with van der Waals surface area (Å²) in [4.78, 5) is 0.180. The second-order valence-corrected chi connectivity index (χ2v) is 10.6. The molecule has 1 aliphatic heterocycles. The third-order valence-electron chi connectivity index (χ3n) is 4.13. The fourth-order valence-corrected chi connectivity index (χ4v) is 6.41. The molecule has 1 aromatic carbocycles. The number of hydrogen-bond donors (Lipinski definition) is 0. The number of hydrogen-bond acceptors (Lipinski definition) is 5. The Morgan fingerprint density at radius 3 is 2.21 bits per heavy atom. The lowest BCUT2D eigenvalue weighted by atomic mass is 10.1. The minimum atomic E-state index is -3.92. The molecule has 1 atom stereocenters. The van der Waals surface area contributed by atoms with Crippen LogP contribution in [0.5, 0.6) is 0 Å². The van der Waals surface area contributed by atoms with E-state index in [1.807, 2.05) is 19.9 Å². The van der Waals surface area contributed by atoms with E-state index in [0.29, 0.717) is 11.3 Å². The van der Waals surface area contributed by atoms with Gasteiger partial charge in [-0.1, -0.05) is 6.07 Å². The molecule has 1 fully saturated rings. The van der Waals surface area contributed by atoms with E-state index in [2.05, 4.69) is 5.10 Å². The van der Waals surface area contributed by atoms with Crippen LogP contribution in [0.3, 0.4) is 0 Å². The lowest BCUT2D eigenvalue weighted by molar-refractivity contribution is 0.354. The van der Waals surface area contributed by atoms with E-state index in [1.165, 1.54) is 0 Å². The predicted octanol–water partition coefficient (Wildman–Crippen LogP) is 2.19. The van der Waals surface area contributed by atoms with Crippen molar-refractivity contribution in [1.82, 2.24) is 4.41 Å². The van der Waals surface area contributed by atoms with Gasteiger partial charge in [0.05, 0.1) is 22.4 Å². The average Bonchev–Trinajstić information content (AvgIpc) is 2.79. The van der Waals surface area contributed by atoms with Gasteiger partial charge in [0.2, 0.25) is 0 Å². The molecule has 0 spiro atoms. The van der Waals surface area contributed by atoms with E-state index < -0.39 is 25.9 Å². The van der Waals surface area contributed by atoms with Crippen LogP contribution in [0.25, 0.3) is 0 Å². The van der Waals surface area contributed by atoms with Crippen molar-refractivity contribution in [3.63, 3.8) is 0 Å².